The van der Waals surface area contributed by atoms with E-state index in [-0.39, 0.29) is 17.8 Å². The van der Waals surface area contributed by atoms with Gasteiger partial charge in [0.1, 0.15) is 0 Å². The van der Waals surface area contributed by atoms with Crippen LogP contribution in [-0.4, -0.2) is 23.7 Å². The first-order valence-electron chi connectivity index (χ1n) is 9.50. The van der Waals surface area contributed by atoms with Crippen molar-refractivity contribution in [3.8, 4) is 0 Å². The Hall–Kier alpha value is -2.62. The zero-order chi connectivity index (χ0) is 19.4. The lowest BCUT2D eigenvalue weighted by molar-refractivity contribution is -0.164. The molecule has 2 aromatic rings. The van der Waals surface area contributed by atoms with Crippen molar-refractivity contribution in [2.75, 3.05) is 6.61 Å². The third kappa shape index (κ3) is 4.05. The molecule has 0 aliphatic heterocycles. The van der Waals surface area contributed by atoms with E-state index in [0.29, 0.717) is 12.5 Å². The quantitative estimate of drug-likeness (QED) is 0.734. The number of benzene rings is 2. The highest BCUT2D eigenvalue weighted by molar-refractivity contribution is 5.84. The van der Waals surface area contributed by atoms with Gasteiger partial charge in [0, 0.05) is 11.8 Å². The molecular weight excluding hydrogens is 340 g/mol. The first-order chi connectivity index (χ1) is 13.0. The normalized spacial score (nSPS) is 24.3. The van der Waals surface area contributed by atoms with Gasteiger partial charge < -0.3 is 9.84 Å². The molecule has 4 atom stereocenters. The molecule has 0 amide bonds. The second kappa shape index (κ2) is 8.38. The third-order valence-electron chi connectivity index (χ3n) is 5.41. The van der Waals surface area contributed by atoms with Gasteiger partial charge >= 0.3 is 11.9 Å². The first kappa shape index (κ1) is 19.2. The molecule has 1 aliphatic rings. The molecule has 0 saturated heterocycles. The molecule has 1 N–H and O–H groups in total. The van der Waals surface area contributed by atoms with Crippen molar-refractivity contribution in [1.29, 1.82) is 0 Å². The summed E-state index contributed by atoms with van der Waals surface area (Å²) in [5.74, 6) is -2.60. The largest absolute Gasteiger partial charge is 0.481 e. The Morgan fingerprint density at radius 3 is 1.78 bits per heavy atom. The van der Waals surface area contributed by atoms with Crippen molar-refractivity contribution < 1.29 is 19.4 Å². The van der Waals surface area contributed by atoms with E-state index >= 15 is 0 Å². The third-order valence-corrected chi connectivity index (χ3v) is 5.41. The van der Waals surface area contributed by atoms with E-state index in [1.54, 1.807) is 0 Å². The summed E-state index contributed by atoms with van der Waals surface area (Å²) in [6.45, 7) is 4.53. The van der Waals surface area contributed by atoms with E-state index in [1.165, 1.54) is 0 Å². The topological polar surface area (TPSA) is 63.6 Å². The van der Waals surface area contributed by atoms with Gasteiger partial charge in [-0.05, 0) is 23.5 Å². The van der Waals surface area contributed by atoms with Crippen molar-refractivity contribution in [2.45, 2.75) is 32.1 Å². The fourth-order valence-corrected chi connectivity index (χ4v) is 4.02. The van der Waals surface area contributed by atoms with Gasteiger partial charge in [-0.1, -0.05) is 74.5 Å². The van der Waals surface area contributed by atoms with E-state index in [0.717, 1.165) is 17.5 Å². The summed E-state index contributed by atoms with van der Waals surface area (Å²) in [4.78, 5) is 25.0. The molecule has 142 valence electrons. The molecular formula is C23H26O4. The average molecular weight is 366 g/mol. The fraction of sp³-hybridized carbons (Fsp3) is 0.391. The summed E-state index contributed by atoms with van der Waals surface area (Å²) in [7, 11) is 0. The van der Waals surface area contributed by atoms with Crippen LogP contribution in [0.3, 0.4) is 0 Å². The lowest BCUT2D eigenvalue weighted by Crippen LogP contribution is -2.51. The van der Waals surface area contributed by atoms with Gasteiger partial charge in [-0.3, -0.25) is 9.59 Å². The number of carboxylic acid groups (broad SMARTS) is 1. The zero-order valence-corrected chi connectivity index (χ0v) is 15.7. The molecule has 1 aliphatic carbocycles. The molecule has 2 unspecified atom stereocenters. The molecule has 4 heteroatoms. The zero-order valence-electron chi connectivity index (χ0n) is 15.7. The number of hydrogen-bond acceptors (Lipinski definition) is 3. The Kier molecular flexibility index (Phi) is 5.94. The van der Waals surface area contributed by atoms with Crippen molar-refractivity contribution in [3.63, 3.8) is 0 Å². The van der Waals surface area contributed by atoms with Crippen LogP contribution in [0.25, 0.3) is 0 Å². The van der Waals surface area contributed by atoms with Crippen LogP contribution in [0.4, 0.5) is 0 Å². The number of aliphatic carboxylic acids is 1. The molecule has 2 aromatic carbocycles. The van der Waals surface area contributed by atoms with Crippen LogP contribution in [0.5, 0.6) is 0 Å². The van der Waals surface area contributed by atoms with Crippen molar-refractivity contribution in [3.05, 3.63) is 71.8 Å². The second-order valence-corrected chi connectivity index (χ2v) is 7.61. The fourth-order valence-electron chi connectivity index (χ4n) is 4.02. The van der Waals surface area contributed by atoms with Gasteiger partial charge in [-0.15, -0.1) is 0 Å². The molecule has 0 aromatic heterocycles. The summed E-state index contributed by atoms with van der Waals surface area (Å²) >= 11 is 0. The molecule has 1 saturated carbocycles. The van der Waals surface area contributed by atoms with Gasteiger partial charge in [0.2, 0.25) is 0 Å². The van der Waals surface area contributed by atoms with Crippen molar-refractivity contribution in [2.24, 2.45) is 17.8 Å². The number of esters is 1. The van der Waals surface area contributed by atoms with Crippen LogP contribution in [0, 0.1) is 17.8 Å². The Bertz CT molecular complexity index is 722. The Labute approximate surface area is 160 Å². The summed E-state index contributed by atoms with van der Waals surface area (Å²) in [6, 6.07) is 18.9. The smallest absolute Gasteiger partial charge is 0.310 e. The van der Waals surface area contributed by atoms with Crippen LogP contribution in [-0.2, 0) is 14.3 Å². The van der Waals surface area contributed by atoms with Gasteiger partial charge in [-0.25, -0.2) is 0 Å². The first-order valence-corrected chi connectivity index (χ1v) is 9.50. The highest BCUT2D eigenvalue weighted by atomic mass is 16.5. The van der Waals surface area contributed by atoms with E-state index in [2.05, 4.69) is 13.8 Å². The van der Waals surface area contributed by atoms with Crippen LogP contribution in [0.2, 0.25) is 0 Å². The maximum absolute atomic E-state index is 12.9. The van der Waals surface area contributed by atoms with E-state index in [4.69, 9.17) is 4.74 Å². The van der Waals surface area contributed by atoms with Crippen LogP contribution < -0.4 is 0 Å². The number of rotatable bonds is 7. The average Bonchev–Trinajstić information content (AvgIpc) is 2.62. The highest BCUT2D eigenvalue weighted by Gasteiger charge is 2.59. The molecule has 0 heterocycles. The number of ether oxygens (including phenoxy) is 1. The summed E-state index contributed by atoms with van der Waals surface area (Å²) < 4.78 is 5.56. The van der Waals surface area contributed by atoms with Gasteiger partial charge in [0.25, 0.3) is 0 Å². The van der Waals surface area contributed by atoms with E-state index in [9.17, 15) is 14.7 Å². The van der Waals surface area contributed by atoms with E-state index in [1.807, 2.05) is 60.7 Å². The maximum Gasteiger partial charge on any atom is 0.310 e. The van der Waals surface area contributed by atoms with Gasteiger partial charge in [0.05, 0.1) is 18.4 Å². The van der Waals surface area contributed by atoms with E-state index < -0.39 is 17.8 Å². The molecule has 0 spiro atoms. The number of carboxylic acids is 1. The SMILES string of the molecule is CC(C)CCOC(=O)C1[C@H](c2ccccc2)C(C(=O)O)[C@@H]1c1ccccc1. The molecule has 4 nitrogen and oxygen atoms in total. The maximum atomic E-state index is 12.9. The molecule has 0 radical (unpaired) electrons. The Morgan fingerprint density at radius 2 is 1.37 bits per heavy atom. The molecule has 0 bridgehead atoms. The number of hydrogen-bond donors (Lipinski definition) is 1. The molecule has 27 heavy (non-hydrogen) atoms. The Balaban J connectivity index is 1.92. The summed E-state index contributed by atoms with van der Waals surface area (Å²) in [6.07, 6.45) is 0.798. The minimum atomic E-state index is -0.871. The van der Waals surface area contributed by atoms with Gasteiger partial charge in [-0.2, -0.15) is 0 Å². The molecule has 3 rings (SSSR count). The highest BCUT2D eigenvalue weighted by Crippen LogP contribution is 2.58. The van der Waals surface area contributed by atoms with Crippen LogP contribution >= 0.6 is 0 Å². The number of carbonyl (C=O) groups is 2. The van der Waals surface area contributed by atoms with Crippen molar-refractivity contribution in [1.82, 2.24) is 0 Å². The minimum Gasteiger partial charge on any atom is -0.481 e. The van der Waals surface area contributed by atoms with Crippen LogP contribution in [0.15, 0.2) is 60.7 Å². The second-order valence-electron chi connectivity index (χ2n) is 7.61. The lowest BCUT2D eigenvalue weighted by atomic mass is 9.52. The lowest BCUT2D eigenvalue weighted by Gasteiger charge is -2.49. The summed E-state index contributed by atoms with van der Waals surface area (Å²) in [5, 5.41) is 9.89. The predicted octanol–water partition coefficient (Wildman–Crippen LogP) is 4.47. The van der Waals surface area contributed by atoms with Crippen LogP contribution in [0.1, 0.15) is 43.2 Å². The van der Waals surface area contributed by atoms with Gasteiger partial charge in [0.15, 0.2) is 0 Å². The molecule has 1 fully saturated rings. The standard InChI is InChI=1S/C23H26O4/c1-15(2)13-14-27-23(26)21-18(16-9-5-3-6-10-16)20(22(24)25)19(21)17-11-7-4-8-12-17/h3-12,15,18-21H,13-14H2,1-2H3,(H,24,25)/t18-,19+,20?,21?. The Morgan fingerprint density at radius 1 is 0.889 bits per heavy atom. The van der Waals surface area contributed by atoms with Crippen molar-refractivity contribution >= 4 is 11.9 Å². The number of carbonyl (C=O) groups excluding carboxylic acids is 1. The monoisotopic (exact) mass is 366 g/mol. The minimum absolute atomic E-state index is 0.296. The summed E-state index contributed by atoms with van der Waals surface area (Å²) in [5.41, 5.74) is 1.76. The predicted molar refractivity (Wildman–Crippen MR) is 103 cm³/mol.